The monoisotopic (exact) mass is 518 g/mol. The van der Waals surface area contributed by atoms with Crippen molar-refractivity contribution in [2.45, 2.75) is 39.2 Å². The van der Waals surface area contributed by atoms with E-state index >= 15 is 0 Å². The molecule has 3 heterocycles. The molecule has 0 spiro atoms. The molecule has 1 amide bonds. The van der Waals surface area contributed by atoms with Gasteiger partial charge >= 0.3 is 0 Å². The van der Waals surface area contributed by atoms with Crippen molar-refractivity contribution in [3.05, 3.63) is 111 Å². The van der Waals surface area contributed by atoms with Crippen LogP contribution in [-0.2, 0) is 6.54 Å². The zero-order valence-electron chi connectivity index (χ0n) is 22.1. The highest BCUT2D eigenvalue weighted by Gasteiger charge is 2.27. The van der Waals surface area contributed by atoms with Crippen LogP contribution in [0.1, 0.15) is 51.6 Å². The van der Waals surface area contributed by atoms with Gasteiger partial charge in [0.1, 0.15) is 5.82 Å². The van der Waals surface area contributed by atoms with Gasteiger partial charge in [-0.05, 0) is 61.1 Å². The first-order valence-electron chi connectivity index (χ1n) is 13.3. The van der Waals surface area contributed by atoms with E-state index in [4.69, 9.17) is 4.98 Å². The van der Waals surface area contributed by atoms with Crippen LogP contribution < -0.4 is 5.56 Å². The molecule has 0 bridgehead atoms. The molecule has 0 atom stereocenters. The summed E-state index contributed by atoms with van der Waals surface area (Å²) in [5, 5.41) is 8.33. The third kappa shape index (κ3) is 4.97. The van der Waals surface area contributed by atoms with E-state index in [2.05, 4.69) is 59.5 Å². The van der Waals surface area contributed by atoms with Crippen LogP contribution >= 0.6 is 0 Å². The van der Waals surface area contributed by atoms with E-state index in [1.807, 2.05) is 47.4 Å². The van der Waals surface area contributed by atoms with E-state index < -0.39 is 0 Å². The van der Waals surface area contributed by atoms with Crippen molar-refractivity contribution >= 4 is 17.1 Å². The SMILES string of the molecule is Cc1ccc(C)c(Cn2nnc3c(=O)[nH]c(C4CCN(C(=O)c5ccc(-c6ccccc6)cc5)CC4)nc32)c1. The van der Waals surface area contributed by atoms with Crippen LogP contribution in [0.2, 0.25) is 0 Å². The predicted molar refractivity (Wildman–Crippen MR) is 151 cm³/mol. The Hall–Kier alpha value is -4.59. The highest BCUT2D eigenvalue weighted by molar-refractivity contribution is 5.94. The normalized spacial score (nSPS) is 14.2. The van der Waals surface area contributed by atoms with E-state index in [9.17, 15) is 9.59 Å². The van der Waals surface area contributed by atoms with Gasteiger partial charge in [0.15, 0.2) is 11.2 Å². The number of aromatic amines is 1. The summed E-state index contributed by atoms with van der Waals surface area (Å²) in [5.74, 6) is 0.716. The molecule has 3 aromatic carbocycles. The Morgan fingerprint density at radius 2 is 1.67 bits per heavy atom. The molecular weight excluding hydrogens is 488 g/mol. The molecule has 1 saturated heterocycles. The highest BCUT2D eigenvalue weighted by atomic mass is 16.2. The number of carbonyl (C=O) groups excluding carboxylic acids is 1. The van der Waals surface area contributed by atoms with Gasteiger partial charge in [-0.15, -0.1) is 5.10 Å². The second-order valence-corrected chi connectivity index (χ2v) is 10.3. The number of fused-ring (bicyclic) bond motifs is 1. The first-order chi connectivity index (χ1) is 19.0. The molecule has 0 aliphatic carbocycles. The number of aromatic nitrogens is 5. The van der Waals surface area contributed by atoms with Crippen molar-refractivity contribution < 1.29 is 4.79 Å². The highest BCUT2D eigenvalue weighted by Crippen LogP contribution is 2.27. The van der Waals surface area contributed by atoms with E-state index in [-0.39, 0.29) is 22.9 Å². The van der Waals surface area contributed by atoms with Crippen LogP contribution in [0.3, 0.4) is 0 Å². The number of nitrogens with one attached hydrogen (secondary N) is 1. The maximum Gasteiger partial charge on any atom is 0.281 e. The van der Waals surface area contributed by atoms with Crippen LogP contribution in [0.4, 0.5) is 0 Å². The molecular formula is C31H30N6O2. The minimum Gasteiger partial charge on any atom is -0.339 e. The number of piperidine rings is 1. The van der Waals surface area contributed by atoms with Gasteiger partial charge in [0.2, 0.25) is 0 Å². The average molecular weight is 519 g/mol. The quantitative estimate of drug-likeness (QED) is 0.358. The Kier molecular flexibility index (Phi) is 6.52. The number of hydrogen-bond acceptors (Lipinski definition) is 5. The van der Waals surface area contributed by atoms with Crippen LogP contribution in [0.25, 0.3) is 22.3 Å². The minimum absolute atomic E-state index is 0.0285. The minimum atomic E-state index is -0.278. The van der Waals surface area contributed by atoms with E-state index in [0.29, 0.717) is 36.7 Å². The fraction of sp³-hybridized carbons (Fsp3) is 0.258. The van der Waals surface area contributed by atoms with Crippen molar-refractivity contribution in [1.29, 1.82) is 0 Å². The molecule has 1 fully saturated rings. The summed E-state index contributed by atoms with van der Waals surface area (Å²) in [7, 11) is 0. The lowest BCUT2D eigenvalue weighted by Crippen LogP contribution is -2.38. The predicted octanol–water partition coefficient (Wildman–Crippen LogP) is 4.87. The number of nitrogens with zero attached hydrogens (tertiary/aromatic N) is 5. The number of aryl methyl sites for hydroxylation is 2. The van der Waals surface area contributed by atoms with Crippen LogP contribution in [-0.4, -0.2) is 48.9 Å². The average Bonchev–Trinajstić information content (AvgIpc) is 3.38. The summed E-state index contributed by atoms with van der Waals surface area (Å²) in [6.07, 6.45) is 1.45. The van der Waals surface area contributed by atoms with Crippen molar-refractivity contribution in [3.63, 3.8) is 0 Å². The van der Waals surface area contributed by atoms with Crippen molar-refractivity contribution in [2.24, 2.45) is 0 Å². The Morgan fingerprint density at radius 3 is 2.41 bits per heavy atom. The number of likely N-dealkylation sites (tertiary alicyclic amines) is 1. The van der Waals surface area contributed by atoms with E-state index in [1.54, 1.807) is 4.68 Å². The van der Waals surface area contributed by atoms with Crippen molar-refractivity contribution in [1.82, 2.24) is 29.9 Å². The summed E-state index contributed by atoms with van der Waals surface area (Å²) in [6.45, 7) is 5.82. The number of amides is 1. The third-order valence-corrected chi connectivity index (χ3v) is 7.62. The third-order valence-electron chi connectivity index (χ3n) is 7.62. The fourth-order valence-corrected chi connectivity index (χ4v) is 5.29. The van der Waals surface area contributed by atoms with Crippen LogP contribution in [0.5, 0.6) is 0 Å². The smallest absolute Gasteiger partial charge is 0.281 e. The molecule has 6 rings (SSSR count). The lowest BCUT2D eigenvalue weighted by Gasteiger charge is -2.31. The second kappa shape index (κ2) is 10.3. The maximum absolute atomic E-state index is 13.2. The Bertz CT molecular complexity index is 1700. The summed E-state index contributed by atoms with van der Waals surface area (Å²) in [4.78, 5) is 35.7. The van der Waals surface area contributed by atoms with Crippen LogP contribution in [0.15, 0.2) is 77.6 Å². The van der Waals surface area contributed by atoms with Crippen molar-refractivity contribution in [3.8, 4) is 11.1 Å². The molecule has 8 nitrogen and oxygen atoms in total. The summed E-state index contributed by atoms with van der Waals surface area (Å²) in [5.41, 5.74) is 6.79. The number of H-pyrrole nitrogens is 1. The molecule has 2 aromatic heterocycles. The van der Waals surface area contributed by atoms with Gasteiger partial charge in [-0.1, -0.05) is 71.4 Å². The van der Waals surface area contributed by atoms with Gasteiger partial charge in [0.25, 0.3) is 11.5 Å². The molecule has 0 saturated carbocycles. The van der Waals surface area contributed by atoms with Gasteiger partial charge in [-0.2, -0.15) is 0 Å². The molecule has 1 N–H and O–H groups in total. The maximum atomic E-state index is 13.2. The zero-order chi connectivity index (χ0) is 26.9. The summed E-state index contributed by atoms with van der Waals surface area (Å²) < 4.78 is 1.70. The number of carbonyl (C=O) groups is 1. The number of hydrogen-bond donors (Lipinski definition) is 1. The fourth-order valence-electron chi connectivity index (χ4n) is 5.29. The first-order valence-corrected chi connectivity index (χ1v) is 13.3. The van der Waals surface area contributed by atoms with Crippen molar-refractivity contribution in [2.75, 3.05) is 13.1 Å². The van der Waals surface area contributed by atoms with E-state index in [1.165, 1.54) is 5.56 Å². The Morgan fingerprint density at radius 1 is 0.949 bits per heavy atom. The largest absolute Gasteiger partial charge is 0.339 e. The number of rotatable bonds is 5. The second-order valence-electron chi connectivity index (χ2n) is 10.3. The Balaban J connectivity index is 1.16. The van der Waals surface area contributed by atoms with Gasteiger partial charge in [0.05, 0.1) is 6.54 Å². The molecule has 0 unspecified atom stereocenters. The molecule has 0 radical (unpaired) electrons. The molecule has 5 aromatic rings. The van der Waals surface area contributed by atoms with Gasteiger partial charge in [0, 0.05) is 24.6 Å². The van der Waals surface area contributed by atoms with E-state index in [0.717, 1.165) is 35.1 Å². The lowest BCUT2D eigenvalue weighted by atomic mass is 9.95. The topological polar surface area (TPSA) is 96.8 Å². The molecule has 8 heteroatoms. The van der Waals surface area contributed by atoms with Gasteiger partial charge < -0.3 is 9.88 Å². The molecule has 39 heavy (non-hydrogen) atoms. The summed E-state index contributed by atoms with van der Waals surface area (Å²) >= 11 is 0. The van der Waals surface area contributed by atoms with Gasteiger partial charge in [-0.3, -0.25) is 9.59 Å². The number of benzene rings is 3. The molecule has 196 valence electrons. The lowest BCUT2D eigenvalue weighted by molar-refractivity contribution is 0.0711. The summed E-state index contributed by atoms with van der Waals surface area (Å²) in [6, 6.07) is 24.2. The standard InChI is InChI=1S/C31H30N6O2/c1-20-8-9-21(2)26(18-20)19-37-29-27(34-35-37)30(38)33-28(32-29)24-14-16-36(17-15-24)31(39)25-12-10-23(11-13-25)22-6-4-3-5-7-22/h3-13,18,24H,14-17,19H2,1-2H3,(H,32,33,38). The van der Waals surface area contributed by atoms with Crippen LogP contribution in [0, 0.1) is 13.8 Å². The first kappa shape index (κ1) is 24.7. The molecule has 1 aliphatic rings. The molecule has 1 aliphatic heterocycles. The van der Waals surface area contributed by atoms with Gasteiger partial charge in [-0.25, -0.2) is 9.67 Å². The Labute approximate surface area is 226 Å². The zero-order valence-corrected chi connectivity index (χ0v) is 22.1.